The highest BCUT2D eigenvalue weighted by molar-refractivity contribution is 7.08. The average molecular weight is 275 g/mol. The lowest BCUT2D eigenvalue weighted by atomic mass is 9.99. The SMILES string of the molecule is CC(O)(CNC(=O)c1cc(C#N)c[nH]1)c1ccsc1. The molecule has 0 saturated heterocycles. The molecule has 1 atom stereocenters. The van der Waals surface area contributed by atoms with Crippen LogP contribution < -0.4 is 5.32 Å². The number of nitrogens with one attached hydrogen (secondary N) is 2. The van der Waals surface area contributed by atoms with E-state index in [1.54, 1.807) is 6.92 Å². The number of H-pyrrole nitrogens is 1. The number of rotatable bonds is 4. The van der Waals surface area contributed by atoms with E-state index in [0.717, 1.165) is 5.56 Å². The summed E-state index contributed by atoms with van der Waals surface area (Å²) >= 11 is 1.49. The minimum absolute atomic E-state index is 0.101. The highest BCUT2D eigenvalue weighted by atomic mass is 32.1. The second kappa shape index (κ2) is 5.26. The topological polar surface area (TPSA) is 88.9 Å². The van der Waals surface area contributed by atoms with Crippen LogP contribution in [0.1, 0.15) is 28.5 Å². The van der Waals surface area contributed by atoms with Gasteiger partial charge in [-0.25, -0.2) is 0 Å². The molecule has 3 N–H and O–H groups in total. The van der Waals surface area contributed by atoms with Crippen molar-refractivity contribution in [3.05, 3.63) is 45.9 Å². The molecule has 2 rings (SSSR count). The third-order valence-electron chi connectivity index (χ3n) is 2.79. The summed E-state index contributed by atoms with van der Waals surface area (Å²) in [6, 6.07) is 5.22. The molecule has 0 aliphatic rings. The molecule has 5 nitrogen and oxygen atoms in total. The van der Waals surface area contributed by atoms with Gasteiger partial charge in [0.1, 0.15) is 17.4 Å². The number of carbonyl (C=O) groups excluding carboxylic acids is 1. The summed E-state index contributed by atoms with van der Waals surface area (Å²) in [5, 5.41) is 25.3. The Morgan fingerprint density at radius 1 is 1.68 bits per heavy atom. The molecule has 19 heavy (non-hydrogen) atoms. The minimum atomic E-state index is -1.11. The van der Waals surface area contributed by atoms with E-state index in [0.29, 0.717) is 11.3 Å². The Balaban J connectivity index is 1.99. The van der Waals surface area contributed by atoms with Gasteiger partial charge < -0.3 is 15.4 Å². The van der Waals surface area contributed by atoms with Crippen LogP contribution >= 0.6 is 11.3 Å². The number of hydrogen-bond acceptors (Lipinski definition) is 4. The van der Waals surface area contributed by atoms with E-state index in [4.69, 9.17) is 5.26 Å². The van der Waals surface area contributed by atoms with Crippen molar-refractivity contribution in [1.82, 2.24) is 10.3 Å². The van der Waals surface area contributed by atoms with Gasteiger partial charge in [-0.3, -0.25) is 4.79 Å². The molecule has 0 bridgehead atoms. The zero-order valence-corrected chi connectivity index (χ0v) is 11.1. The van der Waals surface area contributed by atoms with Crippen molar-refractivity contribution in [3.63, 3.8) is 0 Å². The van der Waals surface area contributed by atoms with Gasteiger partial charge in [-0.05, 0) is 35.4 Å². The standard InChI is InChI=1S/C13H13N3O2S/c1-13(18,10-2-3-19-7-10)8-16-12(17)11-4-9(5-14)6-15-11/h2-4,6-7,15,18H,8H2,1H3,(H,16,17). The number of thiophene rings is 1. The summed E-state index contributed by atoms with van der Waals surface area (Å²) in [7, 11) is 0. The Kier molecular flexibility index (Phi) is 3.69. The Labute approximate surface area is 114 Å². The molecule has 1 unspecified atom stereocenters. The molecule has 0 spiro atoms. The Hall–Kier alpha value is -2.10. The molecule has 1 amide bonds. The lowest BCUT2D eigenvalue weighted by Gasteiger charge is -2.22. The maximum atomic E-state index is 11.8. The van der Waals surface area contributed by atoms with Gasteiger partial charge in [-0.15, -0.1) is 0 Å². The predicted molar refractivity (Wildman–Crippen MR) is 71.7 cm³/mol. The fourth-order valence-corrected chi connectivity index (χ4v) is 2.39. The van der Waals surface area contributed by atoms with Crippen LogP contribution in [0.4, 0.5) is 0 Å². The van der Waals surface area contributed by atoms with E-state index in [1.807, 2.05) is 22.9 Å². The largest absolute Gasteiger partial charge is 0.384 e. The smallest absolute Gasteiger partial charge is 0.267 e. The lowest BCUT2D eigenvalue weighted by molar-refractivity contribution is 0.0529. The van der Waals surface area contributed by atoms with Gasteiger partial charge >= 0.3 is 0 Å². The molecule has 98 valence electrons. The Morgan fingerprint density at radius 3 is 3.05 bits per heavy atom. The summed E-state index contributed by atoms with van der Waals surface area (Å²) < 4.78 is 0. The molecule has 0 fully saturated rings. The number of aliphatic hydroxyl groups is 1. The fraction of sp³-hybridized carbons (Fsp3) is 0.231. The van der Waals surface area contributed by atoms with Gasteiger partial charge in [-0.1, -0.05) is 0 Å². The summed E-state index contributed by atoms with van der Waals surface area (Å²) in [4.78, 5) is 14.5. The molecule has 0 aliphatic heterocycles. The molecule has 0 aliphatic carbocycles. The first kappa shape index (κ1) is 13.3. The third kappa shape index (κ3) is 3.02. The van der Waals surface area contributed by atoms with E-state index < -0.39 is 5.60 Å². The monoisotopic (exact) mass is 275 g/mol. The normalized spacial score (nSPS) is 13.5. The molecule has 2 heterocycles. The quantitative estimate of drug-likeness (QED) is 0.791. The van der Waals surface area contributed by atoms with Crippen molar-refractivity contribution in [3.8, 4) is 6.07 Å². The maximum absolute atomic E-state index is 11.8. The summed E-state index contributed by atoms with van der Waals surface area (Å²) in [6.07, 6.45) is 1.46. The van der Waals surface area contributed by atoms with Crippen molar-refractivity contribution in [1.29, 1.82) is 5.26 Å². The number of hydrogen-bond donors (Lipinski definition) is 3. The second-order valence-corrected chi connectivity index (χ2v) is 5.16. The van der Waals surface area contributed by atoms with E-state index >= 15 is 0 Å². The highest BCUT2D eigenvalue weighted by Gasteiger charge is 2.24. The van der Waals surface area contributed by atoms with Gasteiger partial charge in [0.2, 0.25) is 0 Å². The first-order chi connectivity index (χ1) is 9.03. The van der Waals surface area contributed by atoms with Crippen molar-refractivity contribution in [2.24, 2.45) is 0 Å². The Bertz CT molecular complexity index is 608. The van der Waals surface area contributed by atoms with Crippen molar-refractivity contribution < 1.29 is 9.90 Å². The molecule has 0 radical (unpaired) electrons. The zero-order valence-electron chi connectivity index (χ0n) is 10.3. The van der Waals surface area contributed by atoms with Crippen molar-refractivity contribution in [2.45, 2.75) is 12.5 Å². The van der Waals surface area contributed by atoms with Gasteiger partial charge in [0.05, 0.1) is 12.1 Å². The van der Waals surface area contributed by atoms with Crippen molar-refractivity contribution >= 4 is 17.2 Å². The van der Waals surface area contributed by atoms with Crippen LogP contribution in [-0.2, 0) is 5.60 Å². The first-order valence-corrected chi connectivity index (χ1v) is 6.59. The fourth-order valence-electron chi connectivity index (χ4n) is 1.61. The lowest BCUT2D eigenvalue weighted by Crippen LogP contribution is -2.38. The number of nitrogens with zero attached hydrogens (tertiary/aromatic N) is 1. The van der Waals surface area contributed by atoms with E-state index in [1.165, 1.54) is 23.6 Å². The summed E-state index contributed by atoms with van der Waals surface area (Å²) in [6.45, 7) is 1.74. The molecule has 2 aromatic heterocycles. The van der Waals surface area contributed by atoms with Crippen LogP contribution in [0.25, 0.3) is 0 Å². The van der Waals surface area contributed by atoms with Gasteiger partial charge in [0.25, 0.3) is 5.91 Å². The Morgan fingerprint density at radius 2 is 2.47 bits per heavy atom. The third-order valence-corrected chi connectivity index (χ3v) is 3.48. The number of aromatic amines is 1. The second-order valence-electron chi connectivity index (χ2n) is 4.38. The first-order valence-electron chi connectivity index (χ1n) is 5.65. The van der Waals surface area contributed by atoms with Crippen LogP contribution in [0.15, 0.2) is 29.1 Å². The van der Waals surface area contributed by atoms with Gasteiger partial charge in [-0.2, -0.15) is 16.6 Å². The molecular weight excluding hydrogens is 262 g/mol. The molecule has 6 heteroatoms. The van der Waals surface area contributed by atoms with Crippen LogP contribution in [0.5, 0.6) is 0 Å². The zero-order chi connectivity index (χ0) is 13.9. The average Bonchev–Trinajstić information content (AvgIpc) is 3.06. The van der Waals surface area contributed by atoms with Crippen LogP contribution in [-0.4, -0.2) is 22.5 Å². The summed E-state index contributed by atoms with van der Waals surface area (Å²) in [5.41, 5.74) is 0.356. The highest BCUT2D eigenvalue weighted by Crippen LogP contribution is 2.22. The van der Waals surface area contributed by atoms with Crippen molar-refractivity contribution in [2.75, 3.05) is 6.54 Å². The summed E-state index contributed by atoms with van der Waals surface area (Å²) in [5.74, 6) is -0.350. The van der Waals surface area contributed by atoms with Gasteiger partial charge in [0, 0.05) is 6.20 Å². The number of carbonyl (C=O) groups is 1. The van der Waals surface area contributed by atoms with Crippen LogP contribution in [0.2, 0.25) is 0 Å². The number of amides is 1. The van der Waals surface area contributed by atoms with Gasteiger partial charge in [0.15, 0.2) is 0 Å². The number of nitriles is 1. The maximum Gasteiger partial charge on any atom is 0.267 e. The van der Waals surface area contributed by atoms with Crippen LogP contribution in [0.3, 0.4) is 0 Å². The van der Waals surface area contributed by atoms with Crippen LogP contribution in [0, 0.1) is 11.3 Å². The molecule has 0 saturated carbocycles. The minimum Gasteiger partial charge on any atom is -0.384 e. The molecular formula is C13H13N3O2S. The van der Waals surface area contributed by atoms with E-state index in [2.05, 4.69) is 10.3 Å². The number of aromatic nitrogens is 1. The van der Waals surface area contributed by atoms with E-state index in [-0.39, 0.29) is 12.5 Å². The predicted octanol–water partition coefficient (Wildman–Crippen LogP) is 1.59. The molecule has 2 aromatic rings. The molecule has 0 aromatic carbocycles. The van der Waals surface area contributed by atoms with E-state index in [9.17, 15) is 9.90 Å².